The maximum atomic E-state index is 14.6. The second-order valence-electron chi connectivity index (χ2n) is 9.72. The Morgan fingerprint density at radius 1 is 0.950 bits per heavy atom. The maximum Gasteiger partial charge on any atom is 0.257 e. The zero-order valence-corrected chi connectivity index (χ0v) is 21.6. The number of carbonyl (C=O) groups excluding carboxylic acids is 3. The van der Waals surface area contributed by atoms with Gasteiger partial charge in [-0.25, -0.2) is 14.3 Å². The van der Waals surface area contributed by atoms with E-state index in [1.807, 2.05) is 55.5 Å². The third kappa shape index (κ3) is 4.64. The van der Waals surface area contributed by atoms with Gasteiger partial charge in [-0.05, 0) is 61.0 Å². The van der Waals surface area contributed by atoms with Gasteiger partial charge in [0.15, 0.2) is 5.58 Å². The summed E-state index contributed by atoms with van der Waals surface area (Å²) in [5.74, 6) is -1.91. The van der Waals surface area contributed by atoms with Gasteiger partial charge >= 0.3 is 0 Å². The van der Waals surface area contributed by atoms with Gasteiger partial charge in [0, 0.05) is 12.1 Å². The Balaban J connectivity index is 1.30. The fourth-order valence-corrected chi connectivity index (χ4v) is 4.88. The lowest BCUT2D eigenvalue weighted by Gasteiger charge is -2.28. The van der Waals surface area contributed by atoms with Crippen LogP contribution in [0.5, 0.6) is 0 Å². The van der Waals surface area contributed by atoms with Crippen LogP contribution in [0.25, 0.3) is 22.6 Å². The van der Waals surface area contributed by atoms with Crippen molar-refractivity contribution in [2.45, 2.75) is 25.9 Å². The monoisotopic (exact) mass is 533 g/mol. The predicted molar refractivity (Wildman–Crippen MR) is 148 cm³/mol. The molecule has 1 fully saturated rings. The minimum Gasteiger partial charge on any atom is -0.436 e. The van der Waals surface area contributed by atoms with Crippen molar-refractivity contribution in [3.63, 3.8) is 0 Å². The SMILES string of the molecule is Cc1ccc(CN(C(=O)c2ccccc2F)C2CC(=O)N(c3ccc(-c4nc5ccccc5o4)cc3)C2=O)cc1. The number of halogens is 1. The summed E-state index contributed by atoms with van der Waals surface area (Å²) in [4.78, 5) is 47.3. The van der Waals surface area contributed by atoms with Gasteiger partial charge in [-0.3, -0.25) is 14.4 Å². The number of nitrogens with zero attached hydrogens (tertiary/aromatic N) is 3. The number of carbonyl (C=O) groups is 3. The predicted octanol–water partition coefficient (Wildman–Crippen LogP) is 5.92. The molecule has 1 saturated heterocycles. The molecule has 198 valence electrons. The number of amides is 3. The Labute approximate surface area is 229 Å². The van der Waals surface area contributed by atoms with E-state index in [1.165, 1.54) is 23.1 Å². The highest BCUT2D eigenvalue weighted by molar-refractivity contribution is 6.23. The number of para-hydroxylation sites is 2. The smallest absolute Gasteiger partial charge is 0.257 e. The highest BCUT2D eigenvalue weighted by atomic mass is 19.1. The van der Waals surface area contributed by atoms with Gasteiger partial charge in [0.2, 0.25) is 11.8 Å². The van der Waals surface area contributed by atoms with Crippen molar-refractivity contribution >= 4 is 34.5 Å². The number of aryl methyl sites for hydroxylation is 1. The highest BCUT2D eigenvalue weighted by Crippen LogP contribution is 2.31. The Morgan fingerprint density at radius 2 is 1.65 bits per heavy atom. The van der Waals surface area contributed by atoms with Crippen LogP contribution in [-0.2, 0) is 16.1 Å². The Morgan fingerprint density at radius 3 is 2.38 bits per heavy atom. The van der Waals surface area contributed by atoms with E-state index in [0.29, 0.717) is 22.7 Å². The van der Waals surface area contributed by atoms with Gasteiger partial charge in [-0.15, -0.1) is 0 Å². The Hall–Kier alpha value is -5.11. The first-order chi connectivity index (χ1) is 19.4. The topological polar surface area (TPSA) is 83.7 Å². The maximum absolute atomic E-state index is 14.6. The van der Waals surface area contributed by atoms with Gasteiger partial charge in [0.25, 0.3) is 11.8 Å². The fraction of sp³-hybridized carbons (Fsp3) is 0.125. The van der Waals surface area contributed by atoms with E-state index in [-0.39, 0.29) is 18.5 Å². The van der Waals surface area contributed by atoms with Crippen LogP contribution in [0.1, 0.15) is 27.9 Å². The second kappa shape index (κ2) is 10.2. The van der Waals surface area contributed by atoms with E-state index in [1.54, 1.807) is 30.3 Å². The minimum absolute atomic E-state index is 0.0433. The first-order valence-corrected chi connectivity index (χ1v) is 12.8. The molecule has 1 atom stereocenters. The van der Waals surface area contributed by atoms with Crippen LogP contribution in [0.4, 0.5) is 10.1 Å². The molecule has 1 unspecified atom stereocenters. The third-order valence-electron chi connectivity index (χ3n) is 7.00. The summed E-state index contributed by atoms with van der Waals surface area (Å²) in [6.07, 6.45) is -0.211. The molecule has 0 bridgehead atoms. The summed E-state index contributed by atoms with van der Waals surface area (Å²) in [6.45, 7) is 1.99. The Bertz CT molecular complexity index is 1710. The molecular formula is C32H24FN3O4. The van der Waals surface area contributed by atoms with E-state index in [9.17, 15) is 18.8 Å². The van der Waals surface area contributed by atoms with Crippen molar-refractivity contribution < 1.29 is 23.2 Å². The van der Waals surface area contributed by atoms with E-state index in [4.69, 9.17) is 4.42 Å². The number of aromatic nitrogens is 1. The van der Waals surface area contributed by atoms with E-state index < -0.39 is 29.6 Å². The van der Waals surface area contributed by atoms with Gasteiger partial charge in [0.05, 0.1) is 17.7 Å². The molecule has 0 spiro atoms. The van der Waals surface area contributed by atoms with Crippen molar-refractivity contribution in [1.82, 2.24) is 9.88 Å². The van der Waals surface area contributed by atoms with Crippen molar-refractivity contribution in [2.75, 3.05) is 4.90 Å². The zero-order chi connectivity index (χ0) is 27.8. The zero-order valence-electron chi connectivity index (χ0n) is 21.6. The van der Waals surface area contributed by atoms with Crippen molar-refractivity contribution in [1.29, 1.82) is 0 Å². The lowest BCUT2D eigenvalue weighted by molar-refractivity contribution is -0.122. The van der Waals surface area contributed by atoms with Crippen LogP contribution >= 0.6 is 0 Å². The first kappa shape index (κ1) is 25.2. The largest absolute Gasteiger partial charge is 0.436 e. The summed E-state index contributed by atoms with van der Waals surface area (Å²) < 4.78 is 20.4. The molecule has 3 amide bonds. The number of rotatable bonds is 6. The van der Waals surface area contributed by atoms with Crippen molar-refractivity contribution in [3.05, 3.63) is 120 Å². The highest BCUT2D eigenvalue weighted by Gasteiger charge is 2.45. The molecule has 5 aromatic rings. The normalized spacial score (nSPS) is 15.2. The fourth-order valence-electron chi connectivity index (χ4n) is 4.88. The number of hydrogen-bond acceptors (Lipinski definition) is 5. The van der Waals surface area contributed by atoms with E-state index in [2.05, 4.69) is 4.98 Å². The summed E-state index contributed by atoms with van der Waals surface area (Å²) >= 11 is 0. The molecule has 0 aliphatic carbocycles. The van der Waals surface area contributed by atoms with Gasteiger partial charge in [0.1, 0.15) is 17.4 Å². The number of fused-ring (bicyclic) bond motifs is 1. The molecule has 2 heterocycles. The molecule has 8 heteroatoms. The molecule has 0 radical (unpaired) electrons. The van der Waals surface area contributed by atoms with Crippen LogP contribution < -0.4 is 4.90 Å². The van der Waals surface area contributed by atoms with Crippen LogP contribution in [0, 0.1) is 12.7 Å². The average molecular weight is 534 g/mol. The number of benzene rings is 4. The lowest BCUT2D eigenvalue weighted by atomic mass is 10.1. The van der Waals surface area contributed by atoms with E-state index >= 15 is 0 Å². The van der Waals surface area contributed by atoms with Crippen LogP contribution in [0.15, 0.2) is 101 Å². The molecule has 1 aliphatic rings. The van der Waals surface area contributed by atoms with Crippen LogP contribution in [0.3, 0.4) is 0 Å². The summed E-state index contributed by atoms with van der Waals surface area (Å²) in [6, 6.07) is 26.2. The first-order valence-electron chi connectivity index (χ1n) is 12.8. The molecule has 40 heavy (non-hydrogen) atoms. The molecular weight excluding hydrogens is 509 g/mol. The molecule has 6 rings (SSSR count). The number of imide groups is 1. The molecule has 1 aliphatic heterocycles. The van der Waals surface area contributed by atoms with Crippen molar-refractivity contribution in [3.8, 4) is 11.5 Å². The van der Waals surface area contributed by atoms with Crippen LogP contribution in [0.2, 0.25) is 0 Å². The number of oxazole rings is 1. The Kier molecular flexibility index (Phi) is 6.43. The van der Waals surface area contributed by atoms with Crippen LogP contribution in [-0.4, -0.2) is 33.6 Å². The minimum atomic E-state index is -1.09. The summed E-state index contributed by atoms with van der Waals surface area (Å²) in [7, 11) is 0. The molecule has 7 nitrogen and oxygen atoms in total. The molecule has 4 aromatic carbocycles. The lowest BCUT2D eigenvalue weighted by Crippen LogP contribution is -2.45. The molecule has 1 aromatic heterocycles. The second-order valence-corrected chi connectivity index (χ2v) is 9.72. The average Bonchev–Trinajstić information content (AvgIpc) is 3.53. The van der Waals surface area contributed by atoms with Gasteiger partial charge in [-0.1, -0.05) is 54.1 Å². The standard InChI is InChI=1S/C32H24FN3O4/c1-20-10-12-21(13-11-20)19-35(31(38)24-6-2-3-7-25(24)33)27-18-29(37)36(32(27)39)23-16-14-22(15-17-23)30-34-26-8-4-5-9-28(26)40-30/h2-17,27H,18-19H2,1H3. The molecule has 0 saturated carbocycles. The number of anilines is 1. The third-order valence-corrected chi connectivity index (χ3v) is 7.00. The van der Waals surface area contributed by atoms with Crippen molar-refractivity contribution in [2.24, 2.45) is 0 Å². The van der Waals surface area contributed by atoms with Gasteiger partial charge in [-0.2, -0.15) is 0 Å². The molecule has 0 N–H and O–H groups in total. The van der Waals surface area contributed by atoms with Gasteiger partial charge < -0.3 is 9.32 Å². The summed E-state index contributed by atoms with van der Waals surface area (Å²) in [5.41, 5.74) is 4.07. The quantitative estimate of drug-likeness (QED) is 0.253. The van der Waals surface area contributed by atoms with E-state index in [0.717, 1.165) is 21.5 Å². The summed E-state index contributed by atoms with van der Waals surface area (Å²) in [5, 5.41) is 0. The number of hydrogen-bond donors (Lipinski definition) is 0.